The van der Waals surface area contributed by atoms with E-state index in [9.17, 15) is 0 Å². The van der Waals surface area contributed by atoms with Gasteiger partial charge in [0.15, 0.2) is 0 Å². The molecule has 0 bridgehead atoms. The Labute approximate surface area is 127 Å². The van der Waals surface area contributed by atoms with Crippen LogP contribution in [0.1, 0.15) is 33.3 Å². The highest BCUT2D eigenvalue weighted by molar-refractivity contribution is 6.63. The Kier molecular flexibility index (Phi) is 4.61. The van der Waals surface area contributed by atoms with Gasteiger partial charge < -0.3 is 18.8 Å². The van der Waals surface area contributed by atoms with Crippen molar-refractivity contribution in [1.82, 2.24) is 4.98 Å². The summed E-state index contributed by atoms with van der Waals surface area (Å²) in [4.78, 5) is 4.31. The SMILES string of the molecule is COCCOc1nccc(C)c1B1OC(C)(C)C(C)(C)O1. The van der Waals surface area contributed by atoms with Crippen LogP contribution in [0.15, 0.2) is 12.3 Å². The number of hydrogen-bond acceptors (Lipinski definition) is 5. The molecule has 1 aromatic heterocycles. The lowest BCUT2D eigenvalue weighted by Crippen LogP contribution is -2.41. The van der Waals surface area contributed by atoms with Crippen LogP contribution in [0.2, 0.25) is 0 Å². The zero-order valence-electron chi connectivity index (χ0n) is 13.7. The predicted octanol–water partition coefficient (Wildman–Crippen LogP) is 1.71. The molecule has 6 heteroatoms. The van der Waals surface area contributed by atoms with E-state index in [0.717, 1.165) is 11.0 Å². The second-order valence-corrected chi connectivity index (χ2v) is 6.28. The van der Waals surface area contributed by atoms with Gasteiger partial charge >= 0.3 is 7.12 Å². The summed E-state index contributed by atoms with van der Waals surface area (Å²) in [6.07, 6.45) is 1.73. The van der Waals surface area contributed by atoms with Crippen LogP contribution < -0.4 is 10.2 Å². The second kappa shape index (κ2) is 5.95. The molecule has 1 saturated heterocycles. The van der Waals surface area contributed by atoms with Crippen molar-refractivity contribution in [2.75, 3.05) is 20.3 Å². The molecule has 0 aromatic carbocycles. The molecule has 5 nitrogen and oxygen atoms in total. The van der Waals surface area contributed by atoms with E-state index in [2.05, 4.69) is 4.98 Å². The number of pyridine rings is 1. The quantitative estimate of drug-likeness (QED) is 0.611. The van der Waals surface area contributed by atoms with Crippen LogP contribution in [-0.4, -0.2) is 43.6 Å². The lowest BCUT2D eigenvalue weighted by atomic mass is 9.77. The van der Waals surface area contributed by atoms with E-state index in [1.807, 2.05) is 40.7 Å². The van der Waals surface area contributed by atoms with Gasteiger partial charge in [-0.3, -0.25) is 0 Å². The second-order valence-electron chi connectivity index (χ2n) is 6.28. The van der Waals surface area contributed by atoms with Crippen molar-refractivity contribution in [3.8, 4) is 5.88 Å². The van der Waals surface area contributed by atoms with Gasteiger partial charge in [-0.2, -0.15) is 0 Å². The van der Waals surface area contributed by atoms with Crippen molar-refractivity contribution in [3.05, 3.63) is 17.8 Å². The van der Waals surface area contributed by atoms with Gasteiger partial charge in [0, 0.05) is 18.8 Å². The maximum atomic E-state index is 6.10. The number of rotatable bonds is 5. The minimum Gasteiger partial charge on any atom is -0.475 e. The largest absolute Gasteiger partial charge is 0.500 e. The van der Waals surface area contributed by atoms with E-state index in [1.165, 1.54) is 0 Å². The van der Waals surface area contributed by atoms with Crippen molar-refractivity contribution in [2.24, 2.45) is 0 Å². The standard InChI is InChI=1S/C15H24BNO4/c1-11-7-8-17-13(19-10-9-18-6)12(11)16-20-14(2,3)15(4,5)21-16/h7-8H,9-10H2,1-6H3. The van der Waals surface area contributed by atoms with Gasteiger partial charge in [-0.25, -0.2) is 4.98 Å². The fourth-order valence-corrected chi connectivity index (χ4v) is 2.13. The third-order valence-corrected chi connectivity index (χ3v) is 4.19. The van der Waals surface area contributed by atoms with Gasteiger partial charge in [-0.05, 0) is 46.2 Å². The van der Waals surface area contributed by atoms with Gasteiger partial charge in [0.1, 0.15) is 6.61 Å². The summed E-state index contributed by atoms with van der Waals surface area (Å²) in [5.74, 6) is 0.547. The normalized spacial score (nSPS) is 19.8. The molecular formula is C15H24BNO4. The summed E-state index contributed by atoms with van der Waals surface area (Å²) in [5, 5.41) is 0. The summed E-state index contributed by atoms with van der Waals surface area (Å²) in [5.41, 5.74) is 1.12. The lowest BCUT2D eigenvalue weighted by molar-refractivity contribution is 0.00578. The Morgan fingerprint density at radius 2 is 1.76 bits per heavy atom. The highest BCUT2D eigenvalue weighted by atomic mass is 16.7. The highest BCUT2D eigenvalue weighted by Gasteiger charge is 2.53. The number of ether oxygens (including phenoxy) is 2. The molecule has 21 heavy (non-hydrogen) atoms. The third kappa shape index (κ3) is 3.22. The molecule has 2 rings (SSSR count). The molecule has 116 valence electrons. The van der Waals surface area contributed by atoms with Gasteiger partial charge in [0.2, 0.25) is 5.88 Å². The average Bonchev–Trinajstić information content (AvgIpc) is 2.58. The van der Waals surface area contributed by atoms with Crippen LogP contribution >= 0.6 is 0 Å². The summed E-state index contributed by atoms with van der Waals surface area (Å²) >= 11 is 0. The Morgan fingerprint density at radius 1 is 1.14 bits per heavy atom. The molecule has 0 saturated carbocycles. The first kappa shape index (κ1) is 16.3. The van der Waals surface area contributed by atoms with Crippen molar-refractivity contribution in [1.29, 1.82) is 0 Å². The predicted molar refractivity (Wildman–Crippen MR) is 82.1 cm³/mol. The van der Waals surface area contributed by atoms with Gasteiger partial charge in [0.25, 0.3) is 0 Å². The first-order chi connectivity index (χ1) is 9.78. The Hall–Kier alpha value is -1.11. The Morgan fingerprint density at radius 3 is 2.33 bits per heavy atom. The van der Waals surface area contributed by atoms with E-state index in [0.29, 0.717) is 19.1 Å². The molecule has 0 aliphatic carbocycles. The summed E-state index contributed by atoms with van der Waals surface area (Å²) in [7, 11) is 1.17. The zero-order valence-corrected chi connectivity index (χ0v) is 13.7. The number of hydrogen-bond donors (Lipinski definition) is 0. The van der Waals surface area contributed by atoms with Crippen molar-refractivity contribution in [3.63, 3.8) is 0 Å². The molecule has 0 radical (unpaired) electrons. The third-order valence-electron chi connectivity index (χ3n) is 4.19. The topological polar surface area (TPSA) is 49.8 Å². The molecule has 1 fully saturated rings. The summed E-state index contributed by atoms with van der Waals surface area (Å²) < 4.78 is 22.9. The minimum atomic E-state index is -0.471. The molecule has 1 aliphatic heterocycles. The maximum absolute atomic E-state index is 6.10. The van der Waals surface area contributed by atoms with Crippen LogP contribution in [0.5, 0.6) is 5.88 Å². The van der Waals surface area contributed by atoms with E-state index in [1.54, 1.807) is 13.3 Å². The molecule has 0 spiro atoms. The van der Waals surface area contributed by atoms with E-state index in [-0.39, 0.29) is 11.2 Å². The van der Waals surface area contributed by atoms with E-state index in [4.69, 9.17) is 18.8 Å². The molecule has 1 aliphatic rings. The Balaban J connectivity index is 2.27. The monoisotopic (exact) mass is 293 g/mol. The fourth-order valence-electron chi connectivity index (χ4n) is 2.13. The molecular weight excluding hydrogens is 269 g/mol. The first-order valence-electron chi connectivity index (χ1n) is 7.21. The fraction of sp³-hybridized carbons (Fsp3) is 0.667. The van der Waals surface area contributed by atoms with E-state index >= 15 is 0 Å². The number of methoxy groups -OCH3 is 1. The van der Waals surface area contributed by atoms with Crippen molar-refractivity contribution >= 4 is 12.6 Å². The summed E-state index contributed by atoms with van der Waals surface area (Å²) in [6, 6.07) is 1.93. The summed E-state index contributed by atoms with van der Waals surface area (Å²) in [6.45, 7) is 11.1. The first-order valence-corrected chi connectivity index (χ1v) is 7.21. The number of aryl methyl sites for hydroxylation is 1. The zero-order chi connectivity index (χ0) is 15.7. The van der Waals surface area contributed by atoms with Crippen molar-refractivity contribution in [2.45, 2.75) is 45.8 Å². The number of nitrogens with zero attached hydrogens (tertiary/aromatic N) is 1. The molecule has 2 heterocycles. The number of aromatic nitrogens is 1. The van der Waals surface area contributed by atoms with Crippen LogP contribution in [0.4, 0.5) is 0 Å². The smallest absolute Gasteiger partial charge is 0.475 e. The van der Waals surface area contributed by atoms with Crippen molar-refractivity contribution < 1.29 is 18.8 Å². The lowest BCUT2D eigenvalue weighted by Gasteiger charge is -2.32. The van der Waals surface area contributed by atoms with Gasteiger partial charge in [-0.15, -0.1) is 0 Å². The van der Waals surface area contributed by atoms with E-state index < -0.39 is 7.12 Å². The molecule has 1 aromatic rings. The van der Waals surface area contributed by atoms with Crippen LogP contribution in [0.25, 0.3) is 0 Å². The average molecular weight is 293 g/mol. The molecule has 0 N–H and O–H groups in total. The van der Waals surface area contributed by atoms with Crippen LogP contribution in [0, 0.1) is 6.92 Å². The van der Waals surface area contributed by atoms with Crippen LogP contribution in [0.3, 0.4) is 0 Å². The van der Waals surface area contributed by atoms with Gasteiger partial charge in [-0.1, -0.05) is 0 Å². The highest BCUT2D eigenvalue weighted by Crippen LogP contribution is 2.37. The minimum absolute atomic E-state index is 0.385. The molecule has 0 atom stereocenters. The molecule has 0 unspecified atom stereocenters. The van der Waals surface area contributed by atoms with Gasteiger partial charge in [0.05, 0.1) is 17.8 Å². The maximum Gasteiger partial charge on any atom is 0.500 e. The molecule has 0 amide bonds. The Bertz CT molecular complexity index is 488. The van der Waals surface area contributed by atoms with Crippen LogP contribution in [-0.2, 0) is 14.0 Å².